The maximum absolute atomic E-state index is 13.4. The second kappa shape index (κ2) is 12.2. The van der Waals surface area contributed by atoms with E-state index in [1.54, 1.807) is 25.3 Å². The molecule has 1 saturated heterocycles. The predicted molar refractivity (Wildman–Crippen MR) is 148 cm³/mol. The van der Waals surface area contributed by atoms with Crippen LogP contribution in [0.2, 0.25) is 0 Å². The maximum atomic E-state index is 13.4. The van der Waals surface area contributed by atoms with E-state index in [0.717, 1.165) is 26.1 Å². The molecule has 0 saturated carbocycles. The molecule has 1 atom stereocenters. The summed E-state index contributed by atoms with van der Waals surface area (Å²) in [5, 5.41) is 10.4. The quantitative estimate of drug-likeness (QED) is 0.198. The average molecular weight is 588 g/mol. The monoisotopic (exact) mass is 587 g/mol. The Balaban J connectivity index is 1.39. The fraction of sp³-hybridized carbons (Fsp3) is 0.286. The average Bonchev–Trinajstić information content (AvgIpc) is 3.43. The number of ether oxygens (including phenoxy) is 2. The third kappa shape index (κ3) is 6.98. The van der Waals surface area contributed by atoms with E-state index in [1.807, 2.05) is 16.9 Å². The van der Waals surface area contributed by atoms with E-state index in [-0.39, 0.29) is 11.4 Å². The van der Waals surface area contributed by atoms with Crippen LogP contribution in [0.4, 0.5) is 30.5 Å². The number of hydrogen-bond donors (Lipinski definition) is 3. The highest BCUT2D eigenvalue weighted by Gasteiger charge is 2.26. The number of sulfonamides is 1. The number of aromatic nitrogens is 3. The first-order chi connectivity index (χ1) is 19.7. The Morgan fingerprint density at radius 1 is 1.02 bits per heavy atom. The predicted octanol–water partition coefficient (Wildman–Crippen LogP) is 6.35. The van der Waals surface area contributed by atoms with Crippen molar-refractivity contribution in [3.8, 4) is 17.0 Å². The van der Waals surface area contributed by atoms with Crippen LogP contribution in [0, 0.1) is 5.82 Å². The molecule has 0 radical (unpaired) electrons. The number of aromatic amines is 1. The highest BCUT2D eigenvalue weighted by molar-refractivity contribution is 7.93. The van der Waals surface area contributed by atoms with E-state index >= 15 is 0 Å². The Morgan fingerprint density at radius 2 is 1.78 bits per heavy atom. The second-order valence-electron chi connectivity index (χ2n) is 9.58. The van der Waals surface area contributed by atoms with Crippen molar-refractivity contribution in [2.75, 3.05) is 23.3 Å². The summed E-state index contributed by atoms with van der Waals surface area (Å²) in [7, 11) is -4.96. The smallest absolute Gasteiger partial charge is 0.355 e. The van der Waals surface area contributed by atoms with Crippen molar-refractivity contribution < 1.29 is 31.1 Å². The van der Waals surface area contributed by atoms with Crippen LogP contribution in [0.25, 0.3) is 11.3 Å². The maximum Gasteiger partial charge on any atom is 0.355 e. The van der Waals surface area contributed by atoms with Crippen molar-refractivity contribution in [1.82, 2.24) is 15.2 Å². The molecular weight excluding hydrogens is 559 g/mol. The summed E-state index contributed by atoms with van der Waals surface area (Å²) in [5.74, 6) is -2.55. The van der Waals surface area contributed by atoms with Gasteiger partial charge in [-0.15, -0.1) is 0 Å². The van der Waals surface area contributed by atoms with Crippen LogP contribution >= 0.6 is 0 Å². The molecule has 41 heavy (non-hydrogen) atoms. The molecular formula is C28H28F3N5O4S. The fourth-order valence-electron chi connectivity index (χ4n) is 4.53. The van der Waals surface area contributed by atoms with Crippen LogP contribution in [0.5, 0.6) is 5.75 Å². The van der Waals surface area contributed by atoms with Gasteiger partial charge in [-0.2, -0.15) is 13.9 Å². The molecule has 0 aliphatic carbocycles. The zero-order valence-corrected chi connectivity index (χ0v) is 22.8. The van der Waals surface area contributed by atoms with Crippen molar-refractivity contribution >= 4 is 27.3 Å². The van der Waals surface area contributed by atoms with Crippen LogP contribution in [0.1, 0.15) is 42.9 Å². The summed E-state index contributed by atoms with van der Waals surface area (Å²) in [6, 6.07) is 15.6. The Labute approximate surface area is 235 Å². The normalized spacial score (nSPS) is 15.0. The van der Waals surface area contributed by atoms with Gasteiger partial charge in [-0.25, -0.2) is 17.8 Å². The number of H-pyrrole nitrogens is 1. The van der Waals surface area contributed by atoms with Gasteiger partial charge in [0, 0.05) is 31.0 Å². The number of benzene rings is 2. The van der Waals surface area contributed by atoms with E-state index in [2.05, 4.69) is 20.5 Å². The summed E-state index contributed by atoms with van der Waals surface area (Å²) in [4.78, 5) is 4.39. The lowest BCUT2D eigenvalue weighted by atomic mass is 9.92. The molecule has 9 nitrogen and oxygen atoms in total. The molecule has 2 aromatic carbocycles. The zero-order chi connectivity index (χ0) is 29.0. The summed E-state index contributed by atoms with van der Waals surface area (Å²) in [6.07, 6.45) is 2.98. The van der Waals surface area contributed by atoms with Crippen LogP contribution < -0.4 is 14.8 Å². The van der Waals surface area contributed by atoms with Gasteiger partial charge >= 0.3 is 5.76 Å². The Kier molecular flexibility index (Phi) is 8.45. The number of nitrogens with zero attached hydrogens (tertiary/aromatic N) is 2. The minimum absolute atomic E-state index is 0.00140. The highest BCUT2D eigenvalue weighted by atomic mass is 32.2. The lowest BCUT2D eigenvalue weighted by molar-refractivity contribution is 0.0853. The van der Waals surface area contributed by atoms with Gasteiger partial charge in [0.05, 0.1) is 11.4 Å². The molecule has 5 rings (SSSR count). The Hall–Kier alpha value is -4.10. The van der Waals surface area contributed by atoms with E-state index < -0.39 is 27.7 Å². The standard InChI is InChI=1S/C28H28F3N5O4S/c1-17(18-2-5-22(29)6-3-18)40-25-14-21(4-7-23(25)36-41(37,38)28(30)31)24-16-27(35-34-24)33-26-15-20(8-11-32-26)19-9-12-39-13-10-19/h2-8,11,14-17,19,28,36H,9-10,12-13H2,1H3,(H2,32,33,34,35)/t17-/m0/s1. The van der Waals surface area contributed by atoms with Crippen molar-refractivity contribution in [3.05, 3.63) is 83.8 Å². The van der Waals surface area contributed by atoms with Crippen molar-refractivity contribution in [3.63, 3.8) is 0 Å². The van der Waals surface area contributed by atoms with Crippen LogP contribution in [0.15, 0.2) is 66.9 Å². The summed E-state index contributed by atoms with van der Waals surface area (Å²) in [5.41, 5.74) is 2.70. The summed E-state index contributed by atoms with van der Waals surface area (Å²) in [6.45, 7) is 3.13. The zero-order valence-electron chi connectivity index (χ0n) is 22.0. The van der Waals surface area contributed by atoms with E-state index in [1.165, 1.54) is 42.0 Å². The van der Waals surface area contributed by atoms with Gasteiger partial charge in [0.2, 0.25) is 0 Å². The van der Waals surface area contributed by atoms with Crippen LogP contribution in [-0.2, 0) is 14.8 Å². The topological polar surface area (TPSA) is 118 Å². The minimum Gasteiger partial charge on any atom is -0.484 e. The van der Waals surface area contributed by atoms with E-state index in [9.17, 15) is 21.6 Å². The molecule has 2 aromatic heterocycles. The van der Waals surface area contributed by atoms with Crippen molar-refractivity contribution in [2.45, 2.75) is 37.5 Å². The second-order valence-corrected chi connectivity index (χ2v) is 11.2. The molecule has 216 valence electrons. The first-order valence-corrected chi connectivity index (χ1v) is 14.4. The number of hydrogen-bond acceptors (Lipinski definition) is 7. The number of alkyl halides is 2. The molecule has 3 heterocycles. The molecule has 0 amide bonds. The van der Waals surface area contributed by atoms with Gasteiger partial charge in [-0.1, -0.05) is 18.2 Å². The molecule has 1 aliphatic rings. The number of nitrogens with one attached hydrogen (secondary N) is 3. The van der Waals surface area contributed by atoms with Gasteiger partial charge in [0.1, 0.15) is 23.5 Å². The van der Waals surface area contributed by atoms with Crippen molar-refractivity contribution in [1.29, 1.82) is 0 Å². The highest BCUT2D eigenvalue weighted by Crippen LogP contribution is 2.35. The third-order valence-electron chi connectivity index (χ3n) is 6.73. The van der Waals surface area contributed by atoms with Crippen LogP contribution in [0.3, 0.4) is 0 Å². The van der Waals surface area contributed by atoms with Crippen molar-refractivity contribution in [2.24, 2.45) is 0 Å². The number of halogens is 3. The SMILES string of the molecule is C[C@H](Oc1cc(-c2cc(Nc3cc(C4CCOCC4)ccn3)n[nH]2)ccc1NS(=O)(=O)C(F)F)c1ccc(F)cc1. The number of pyridine rings is 1. The number of rotatable bonds is 10. The minimum atomic E-state index is -4.96. The van der Waals surface area contributed by atoms with E-state index in [0.29, 0.717) is 34.4 Å². The lowest BCUT2D eigenvalue weighted by Gasteiger charge is -2.22. The van der Waals surface area contributed by atoms with Gasteiger partial charge in [0.15, 0.2) is 5.82 Å². The fourth-order valence-corrected chi connectivity index (χ4v) is 5.09. The summed E-state index contributed by atoms with van der Waals surface area (Å²) >= 11 is 0. The summed E-state index contributed by atoms with van der Waals surface area (Å²) < 4.78 is 76.7. The first kappa shape index (κ1) is 28.4. The lowest BCUT2D eigenvalue weighted by Crippen LogP contribution is -2.21. The Morgan fingerprint density at radius 3 is 2.51 bits per heavy atom. The molecule has 0 spiro atoms. The van der Waals surface area contributed by atoms with Gasteiger partial charge in [-0.3, -0.25) is 9.82 Å². The van der Waals surface area contributed by atoms with Gasteiger partial charge < -0.3 is 14.8 Å². The molecule has 0 unspecified atom stereocenters. The molecule has 3 N–H and O–H groups in total. The number of anilines is 3. The Bertz CT molecular complexity index is 1590. The molecule has 1 aliphatic heterocycles. The van der Waals surface area contributed by atoms with Gasteiger partial charge in [-0.05, 0) is 73.2 Å². The molecule has 13 heteroatoms. The third-order valence-corrected chi connectivity index (χ3v) is 7.71. The largest absolute Gasteiger partial charge is 0.484 e. The van der Waals surface area contributed by atoms with E-state index in [4.69, 9.17) is 9.47 Å². The molecule has 1 fully saturated rings. The molecule has 0 bridgehead atoms. The molecule has 4 aromatic rings. The van der Waals surface area contributed by atoms with Crippen LogP contribution in [-0.4, -0.2) is 42.6 Å². The first-order valence-electron chi connectivity index (χ1n) is 12.9. The van der Waals surface area contributed by atoms with Gasteiger partial charge in [0.25, 0.3) is 10.0 Å².